The van der Waals surface area contributed by atoms with Crippen LogP contribution in [-0.4, -0.2) is 55.6 Å². The zero-order valence-electron chi connectivity index (χ0n) is 14.8. The first-order chi connectivity index (χ1) is 11.8. The molecule has 0 saturated carbocycles. The van der Waals surface area contributed by atoms with E-state index in [1.165, 1.54) is 24.6 Å². The number of benzene rings is 1. The molecular weight excluding hydrogens is 447 g/mol. The SMILES string of the molecule is CN=C(NCCN1CCSCC1)NC(C)c1cc2ccccc2o1.I. The van der Waals surface area contributed by atoms with Gasteiger partial charge >= 0.3 is 0 Å². The zero-order chi connectivity index (χ0) is 16.8. The number of nitrogens with one attached hydrogen (secondary N) is 2. The second-order valence-corrected chi connectivity index (χ2v) is 7.23. The van der Waals surface area contributed by atoms with E-state index in [9.17, 15) is 0 Å². The highest BCUT2D eigenvalue weighted by molar-refractivity contribution is 14.0. The first-order valence-corrected chi connectivity index (χ1v) is 9.67. The Morgan fingerprint density at radius 3 is 2.80 bits per heavy atom. The lowest BCUT2D eigenvalue weighted by atomic mass is 10.2. The molecule has 1 unspecified atom stereocenters. The summed E-state index contributed by atoms with van der Waals surface area (Å²) >= 11 is 2.04. The molecule has 1 aliphatic heterocycles. The van der Waals surface area contributed by atoms with Gasteiger partial charge in [-0.15, -0.1) is 24.0 Å². The number of thioether (sulfide) groups is 1. The predicted octanol–water partition coefficient (Wildman–Crippen LogP) is 3.33. The molecule has 2 N–H and O–H groups in total. The number of nitrogens with zero attached hydrogens (tertiary/aromatic N) is 2. The first-order valence-electron chi connectivity index (χ1n) is 8.52. The van der Waals surface area contributed by atoms with Crippen LogP contribution in [0.1, 0.15) is 18.7 Å². The second kappa shape index (κ2) is 10.3. The zero-order valence-corrected chi connectivity index (χ0v) is 18.0. The van der Waals surface area contributed by atoms with Gasteiger partial charge in [0.1, 0.15) is 11.3 Å². The highest BCUT2D eigenvalue weighted by atomic mass is 127. The van der Waals surface area contributed by atoms with E-state index in [-0.39, 0.29) is 30.0 Å². The molecule has 1 aromatic carbocycles. The standard InChI is InChI=1S/C18H26N4OS.HI/c1-14(17-13-15-5-3-4-6-16(15)23-17)21-18(19-2)20-7-8-22-9-11-24-12-10-22;/h3-6,13-14H,7-12H2,1-2H3,(H2,19,20,21);1H. The average Bonchev–Trinajstić information content (AvgIpc) is 3.06. The fourth-order valence-electron chi connectivity index (χ4n) is 2.84. The lowest BCUT2D eigenvalue weighted by molar-refractivity contribution is 0.306. The maximum Gasteiger partial charge on any atom is 0.191 e. The molecule has 5 nitrogen and oxygen atoms in total. The molecular formula is C18H27IN4OS. The molecule has 1 atom stereocenters. The molecule has 0 bridgehead atoms. The number of halogens is 1. The van der Waals surface area contributed by atoms with Gasteiger partial charge in [-0.2, -0.15) is 11.8 Å². The number of hydrogen-bond acceptors (Lipinski definition) is 4. The van der Waals surface area contributed by atoms with Crippen LogP contribution in [0.2, 0.25) is 0 Å². The molecule has 1 aromatic heterocycles. The van der Waals surface area contributed by atoms with E-state index in [1.54, 1.807) is 7.05 Å². The van der Waals surface area contributed by atoms with E-state index in [0.717, 1.165) is 35.8 Å². The van der Waals surface area contributed by atoms with Crippen LogP contribution < -0.4 is 10.6 Å². The Balaban J connectivity index is 0.00000225. The van der Waals surface area contributed by atoms with Gasteiger partial charge in [-0.3, -0.25) is 9.89 Å². The number of rotatable bonds is 5. The maximum atomic E-state index is 5.92. The molecule has 0 amide bonds. The number of aliphatic imine (C=N–C) groups is 1. The number of guanidine groups is 1. The van der Waals surface area contributed by atoms with Crippen LogP contribution in [0, 0.1) is 0 Å². The molecule has 138 valence electrons. The minimum atomic E-state index is 0. The number of furan rings is 1. The Kier molecular flexibility index (Phi) is 8.38. The molecule has 1 aliphatic rings. The summed E-state index contributed by atoms with van der Waals surface area (Å²) in [5.41, 5.74) is 0.923. The molecule has 0 radical (unpaired) electrons. The van der Waals surface area contributed by atoms with Crippen LogP contribution in [0.5, 0.6) is 0 Å². The van der Waals surface area contributed by atoms with Gasteiger partial charge in [0, 0.05) is 50.1 Å². The Bertz CT molecular complexity index is 652. The van der Waals surface area contributed by atoms with Crippen molar-refractivity contribution in [3.05, 3.63) is 36.1 Å². The fourth-order valence-corrected chi connectivity index (χ4v) is 3.82. The molecule has 1 fully saturated rings. The summed E-state index contributed by atoms with van der Waals surface area (Å²) in [5, 5.41) is 7.94. The Labute approximate surface area is 171 Å². The molecule has 3 rings (SSSR count). The van der Waals surface area contributed by atoms with Crippen molar-refractivity contribution in [2.45, 2.75) is 13.0 Å². The lowest BCUT2D eigenvalue weighted by Crippen LogP contribution is -2.43. The quantitative estimate of drug-likeness (QED) is 0.396. The van der Waals surface area contributed by atoms with Crippen molar-refractivity contribution < 1.29 is 4.42 Å². The molecule has 2 aromatic rings. The van der Waals surface area contributed by atoms with E-state index in [4.69, 9.17) is 4.42 Å². The van der Waals surface area contributed by atoms with Crippen molar-refractivity contribution in [3.8, 4) is 0 Å². The monoisotopic (exact) mass is 474 g/mol. The Morgan fingerprint density at radius 2 is 2.08 bits per heavy atom. The van der Waals surface area contributed by atoms with Crippen LogP contribution in [0.25, 0.3) is 11.0 Å². The fraction of sp³-hybridized carbons (Fsp3) is 0.500. The number of para-hydroxylation sites is 1. The molecule has 0 spiro atoms. The summed E-state index contributed by atoms with van der Waals surface area (Å²) < 4.78 is 5.92. The topological polar surface area (TPSA) is 52.8 Å². The average molecular weight is 474 g/mol. The van der Waals surface area contributed by atoms with Crippen molar-refractivity contribution >= 4 is 52.7 Å². The summed E-state index contributed by atoms with van der Waals surface area (Å²) in [7, 11) is 1.80. The van der Waals surface area contributed by atoms with Crippen molar-refractivity contribution in [1.29, 1.82) is 0 Å². The van der Waals surface area contributed by atoms with Gasteiger partial charge in [0.2, 0.25) is 0 Å². The van der Waals surface area contributed by atoms with E-state index >= 15 is 0 Å². The van der Waals surface area contributed by atoms with Gasteiger partial charge in [-0.05, 0) is 19.1 Å². The van der Waals surface area contributed by atoms with Gasteiger partial charge in [-0.25, -0.2) is 0 Å². The van der Waals surface area contributed by atoms with E-state index < -0.39 is 0 Å². The lowest BCUT2D eigenvalue weighted by Gasteiger charge is -2.26. The van der Waals surface area contributed by atoms with Crippen molar-refractivity contribution in [3.63, 3.8) is 0 Å². The maximum absolute atomic E-state index is 5.92. The second-order valence-electron chi connectivity index (χ2n) is 6.01. The minimum absolute atomic E-state index is 0. The first kappa shape index (κ1) is 20.4. The third-order valence-electron chi connectivity index (χ3n) is 4.27. The summed E-state index contributed by atoms with van der Waals surface area (Å²) in [5.74, 6) is 4.23. The van der Waals surface area contributed by atoms with Gasteiger partial charge in [0.15, 0.2) is 5.96 Å². The molecule has 7 heteroatoms. The molecule has 0 aliphatic carbocycles. The summed E-state index contributed by atoms with van der Waals surface area (Å²) in [6.07, 6.45) is 0. The largest absolute Gasteiger partial charge is 0.459 e. The highest BCUT2D eigenvalue weighted by Crippen LogP contribution is 2.23. The van der Waals surface area contributed by atoms with Crippen LogP contribution in [-0.2, 0) is 0 Å². The minimum Gasteiger partial charge on any atom is -0.459 e. The smallest absolute Gasteiger partial charge is 0.191 e. The third kappa shape index (κ3) is 5.79. The van der Waals surface area contributed by atoms with E-state index in [1.807, 2.05) is 30.0 Å². The van der Waals surface area contributed by atoms with Crippen molar-refractivity contribution in [1.82, 2.24) is 15.5 Å². The Morgan fingerprint density at radius 1 is 1.32 bits per heavy atom. The van der Waals surface area contributed by atoms with Gasteiger partial charge in [0.05, 0.1) is 6.04 Å². The number of fused-ring (bicyclic) bond motifs is 1. The van der Waals surface area contributed by atoms with Gasteiger partial charge < -0.3 is 15.1 Å². The predicted molar refractivity (Wildman–Crippen MR) is 118 cm³/mol. The number of hydrogen-bond donors (Lipinski definition) is 2. The summed E-state index contributed by atoms with van der Waals surface area (Å²) in [6.45, 7) is 6.42. The summed E-state index contributed by atoms with van der Waals surface area (Å²) in [4.78, 5) is 6.82. The van der Waals surface area contributed by atoms with Crippen LogP contribution in [0.15, 0.2) is 39.7 Å². The van der Waals surface area contributed by atoms with Crippen molar-refractivity contribution in [2.24, 2.45) is 4.99 Å². The summed E-state index contributed by atoms with van der Waals surface area (Å²) in [6, 6.07) is 10.2. The Hall–Kier alpha value is -0.930. The van der Waals surface area contributed by atoms with E-state index in [2.05, 4.69) is 39.6 Å². The van der Waals surface area contributed by atoms with E-state index in [0.29, 0.717) is 0 Å². The van der Waals surface area contributed by atoms with Crippen LogP contribution >= 0.6 is 35.7 Å². The van der Waals surface area contributed by atoms with Gasteiger partial charge in [-0.1, -0.05) is 18.2 Å². The van der Waals surface area contributed by atoms with Crippen LogP contribution in [0.3, 0.4) is 0 Å². The van der Waals surface area contributed by atoms with Crippen molar-refractivity contribution in [2.75, 3.05) is 44.7 Å². The van der Waals surface area contributed by atoms with Gasteiger partial charge in [0.25, 0.3) is 0 Å². The third-order valence-corrected chi connectivity index (χ3v) is 5.21. The highest BCUT2D eigenvalue weighted by Gasteiger charge is 2.14. The molecule has 1 saturated heterocycles. The van der Waals surface area contributed by atoms with Crippen LogP contribution in [0.4, 0.5) is 0 Å². The molecule has 2 heterocycles. The molecule has 25 heavy (non-hydrogen) atoms. The normalized spacial score (nSPS) is 17.1.